The van der Waals surface area contributed by atoms with Gasteiger partial charge >= 0.3 is 0 Å². The Balaban J connectivity index is 1.66. The topological polar surface area (TPSA) is 68.2 Å². The van der Waals surface area contributed by atoms with Gasteiger partial charge in [0.05, 0.1) is 25.2 Å². The summed E-state index contributed by atoms with van der Waals surface area (Å²) in [4.78, 5) is 25.6. The molecule has 148 valence electrons. The van der Waals surface area contributed by atoms with Crippen LogP contribution in [0.4, 0.5) is 0 Å². The molecule has 2 amide bonds. The Hall–Kier alpha value is -2.15. The second kappa shape index (κ2) is 6.72. The third-order valence-corrected chi connectivity index (χ3v) is 5.89. The van der Waals surface area contributed by atoms with Gasteiger partial charge in [-0.15, -0.1) is 0 Å². The summed E-state index contributed by atoms with van der Waals surface area (Å²) in [6, 6.07) is 3.63. The zero-order chi connectivity index (χ0) is 20.2. The van der Waals surface area contributed by atoms with Gasteiger partial charge in [-0.2, -0.15) is 10.1 Å². The number of hydrogen-bond acceptors (Lipinski definition) is 5. The Labute approximate surface area is 172 Å². The van der Waals surface area contributed by atoms with E-state index in [2.05, 4.69) is 33.2 Å². The maximum absolute atomic E-state index is 12.8. The normalized spacial score (nSPS) is 28.5. The number of ether oxygens (including phenoxy) is 2. The Morgan fingerprint density at radius 3 is 2.29 bits per heavy atom. The second-order valence-corrected chi connectivity index (χ2v) is 9.39. The van der Waals surface area contributed by atoms with E-state index in [0.29, 0.717) is 17.1 Å². The molecule has 3 aliphatic rings. The van der Waals surface area contributed by atoms with Gasteiger partial charge in [-0.1, -0.05) is 28.1 Å². The molecule has 28 heavy (non-hydrogen) atoms. The van der Waals surface area contributed by atoms with Gasteiger partial charge in [0.25, 0.3) is 11.8 Å². The fourth-order valence-corrected chi connectivity index (χ4v) is 4.83. The van der Waals surface area contributed by atoms with Gasteiger partial charge in [0.15, 0.2) is 11.5 Å². The fourth-order valence-electron chi connectivity index (χ4n) is 4.37. The van der Waals surface area contributed by atoms with E-state index in [9.17, 15) is 9.59 Å². The number of halogens is 1. The molecule has 4 rings (SSSR count). The lowest BCUT2D eigenvalue weighted by Crippen LogP contribution is -2.28. The lowest BCUT2D eigenvalue weighted by atomic mass is 9.85. The Bertz CT molecular complexity index is 872. The summed E-state index contributed by atoms with van der Waals surface area (Å²) < 4.78 is 12.3. The molecule has 4 atom stereocenters. The Kier molecular flexibility index (Phi) is 4.61. The molecular weight excluding hydrogens is 424 g/mol. The SMILES string of the molecule is COc1cc(Br)cc(C=NN2C(=O)[C@@H]3[C@H](C2=O)[C@H]2C=C[C@H]3C2)c1OC(C)(C)C. The average molecular weight is 447 g/mol. The maximum atomic E-state index is 12.8. The van der Waals surface area contributed by atoms with Gasteiger partial charge in [-0.05, 0) is 51.2 Å². The number of allylic oxidation sites excluding steroid dienone is 2. The molecule has 2 fully saturated rings. The molecule has 6 nitrogen and oxygen atoms in total. The molecule has 1 aliphatic heterocycles. The number of nitrogens with zero attached hydrogens (tertiary/aromatic N) is 2. The van der Waals surface area contributed by atoms with Gasteiger partial charge in [0, 0.05) is 10.0 Å². The van der Waals surface area contributed by atoms with Gasteiger partial charge in [0.1, 0.15) is 5.60 Å². The third kappa shape index (κ3) is 3.15. The van der Waals surface area contributed by atoms with Crippen LogP contribution in [0.2, 0.25) is 0 Å². The number of benzene rings is 1. The summed E-state index contributed by atoms with van der Waals surface area (Å²) in [6.07, 6.45) is 6.54. The number of carbonyl (C=O) groups is 2. The van der Waals surface area contributed by atoms with E-state index in [-0.39, 0.29) is 35.5 Å². The number of fused-ring (bicyclic) bond motifs is 5. The van der Waals surface area contributed by atoms with Crippen molar-refractivity contribution in [2.45, 2.75) is 32.8 Å². The predicted octanol–water partition coefficient (Wildman–Crippen LogP) is 3.78. The number of rotatable bonds is 4. The van der Waals surface area contributed by atoms with Crippen LogP contribution in [0.5, 0.6) is 11.5 Å². The van der Waals surface area contributed by atoms with E-state index in [1.807, 2.05) is 26.8 Å². The van der Waals surface area contributed by atoms with E-state index >= 15 is 0 Å². The van der Waals surface area contributed by atoms with Crippen LogP contribution in [0.15, 0.2) is 33.9 Å². The minimum atomic E-state index is -0.453. The lowest BCUT2D eigenvalue weighted by molar-refractivity contribution is -0.140. The van der Waals surface area contributed by atoms with Crippen LogP contribution < -0.4 is 9.47 Å². The third-order valence-electron chi connectivity index (χ3n) is 5.44. The number of methoxy groups -OCH3 is 1. The lowest BCUT2D eigenvalue weighted by Gasteiger charge is -2.24. The first-order chi connectivity index (χ1) is 13.2. The summed E-state index contributed by atoms with van der Waals surface area (Å²) in [7, 11) is 1.57. The summed E-state index contributed by atoms with van der Waals surface area (Å²) in [5.74, 6) is 0.456. The van der Waals surface area contributed by atoms with Crippen molar-refractivity contribution >= 4 is 34.0 Å². The van der Waals surface area contributed by atoms with Crippen molar-refractivity contribution in [3.63, 3.8) is 0 Å². The first kappa shape index (κ1) is 19.2. The van der Waals surface area contributed by atoms with Crippen LogP contribution >= 0.6 is 15.9 Å². The molecule has 0 unspecified atom stereocenters. The van der Waals surface area contributed by atoms with Gasteiger partial charge < -0.3 is 9.47 Å². The van der Waals surface area contributed by atoms with Crippen molar-refractivity contribution in [1.29, 1.82) is 0 Å². The summed E-state index contributed by atoms with van der Waals surface area (Å²) in [5.41, 5.74) is 0.171. The van der Waals surface area contributed by atoms with Crippen molar-refractivity contribution in [2.75, 3.05) is 7.11 Å². The Morgan fingerprint density at radius 1 is 1.14 bits per heavy atom. The highest BCUT2D eigenvalue weighted by molar-refractivity contribution is 9.10. The highest BCUT2D eigenvalue weighted by Gasteiger charge is 2.59. The Morgan fingerprint density at radius 2 is 1.75 bits per heavy atom. The standard InChI is InChI=1S/C21H23BrN2O4/c1-21(2,3)28-18-13(8-14(22)9-15(18)27-4)10-23-24-19(25)16-11-5-6-12(7-11)17(16)20(24)26/h5-6,8-12,16-17H,7H2,1-4H3/t11-,12-,16-,17+/m0/s1. The number of carbonyl (C=O) groups excluding carboxylic acids is 2. The smallest absolute Gasteiger partial charge is 0.254 e. The van der Waals surface area contributed by atoms with Gasteiger partial charge in [-0.3, -0.25) is 9.59 Å². The number of imide groups is 1. The van der Waals surface area contributed by atoms with E-state index in [1.165, 1.54) is 6.21 Å². The average Bonchev–Trinajstić information content (AvgIpc) is 3.28. The van der Waals surface area contributed by atoms with E-state index < -0.39 is 5.60 Å². The number of amides is 2. The predicted molar refractivity (Wildman–Crippen MR) is 108 cm³/mol. The molecule has 7 heteroatoms. The largest absolute Gasteiger partial charge is 0.493 e. The molecule has 1 aromatic carbocycles. The first-order valence-corrected chi connectivity index (χ1v) is 10.2. The molecule has 0 N–H and O–H groups in total. The van der Waals surface area contributed by atoms with Crippen LogP contribution in [0.1, 0.15) is 32.8 Å². The molecule has 1 heterocycles. The van der Waals surface area contributed by atoms with Crippen LogP contribution in [-0.4, -0.2) is 35.7 Å². The van der Waals surface area contributed by atoms with Crippen molar-refractivity contribution in [2.24, 2.45) is 28.8 Å². The fraction of sp³-hybridized carbons (Fsp3) is 0.476. The minimum absolute atomic E-state index is 0.164. The van der Waals surface area contributed by atoms with Gasteiger partial charge in [-0.25, -0.2) is 0 Å². The zero-order valence-electron chi connectivity index (χ0n) is 16.3. The van der Waals surface area contributed by atoms with Crippen LogP contribution in [0.25, 0.3) is 0 Å². The van der Waals surface area contributed by atoms with Crippen molar-refractivity contribution in [3.05, 3.63) is 34.3 Å². The molecule has 0 spiro atoms. The molecule has 0 radical (unpaired) electrons. The second-order valence-electron chi connectivity index (χ2n) is 8.47. The molecule has 1 saturated carbocycles. The van der Waals surface area contributed by atoms with E-state index in [1.54, 1.807) is 13.2 Å². The molecular formula is C21H23BrN2O4. The number of hydrogen-bond donors (Lipinski definition) is 0. The molecule has 2 bridgehead atoms. The van der Waals surface area contributed by atoms with Crippen molar-refractivity contribution in [3.8, 4) is 11.5 Å². The van der Waals surface area contributed by atoms with Crippen molar-refractivity contribution < 1.29 is 19.1 Å². The van der Waals surface area contributed by atoms with E-state index in [0.717, 1.165) is 15.9 Å². The zero-order valence-corrected chi connectivity index (χ0v) is 17.9. The highest BCUT2D eigenvalue weighted by atomic mass is 79.9. The summed E-state index contributed by atoms with van der Waals surface area (Å²) >= 11 is 3.46. The highest BCUT2D eigenvalue weighted by Crippen LogP contribution is 2.52. The minimum Gasteiger partial charge on any atom is -0.493 e. The molecule has 1 saturated heterocycles. The monoisotopic (exact) mass is 446 g/mol. The summed E-state index contributed by atoms with van der Waals surface area (Å²) in [6.45, 7) is 5.81. The molecule has 0 aromatic heterocycles. The molecule has 1 aromatic rings. The quantitative estimate of drug-likeness (QED) is 0.400. The maximum Gasteiger partial charge on any atom is 0.254 e. The van der Waals surface area contributed by atoms with Crippen LogP contribution in [-0.2, 0) is 9.59 Å². The van der Waals surface area contributed by atoms with Crippen molar-refractivity contribution in [1.82, 2.24) is 5.01 Å². The number of hydrazone groups is 1. The van der Waals surface area contributed by atoms with Gasteiger partial charge in [0.2, 0.25) is 0 Å². The van der Waals surface area contributed by atoms with Crippen LogP contribution in [0, 0.1) is 23.7 Å². The summed E-state index contributed by atoms with van der Waals surface area (Å²) in [5, 5.41) is 5.30. The van der Waals surface area contributed by atoms with Crippen LogP contribution in [0.3, 0.4) is 0 Å². The first-order valence-electron chi connectivity index (χ1n) is 9.36. The van der Waals surface area contributed by atoms with E-state index in [4.69, 9.17) is 9.47 Å². The molecule has 2 aliphatic carbocycles.